The van der Waals surface area contributed by atoms with Crippen molar-refractivity contribution in [3.8, 4) is 0 Å². The van der Waals surface area contributed by atoms with E-state index in [0.717, 1.165) is 24.7 Å². The number of likely N-dealkylation sites (tertiary alicyclic amines) is 1. The molecule has 1 saturated heterocycles. The summed E-state index contributed by atoms with van der Waals surface area (Å²) in [7, 11) is 2.02. The van der Waals surface area contributed by atoms with Crippen molar-refractivity contribution < 1.29 is 0 Å². The minimum atomic E-state index is 0.832. The summed E-state index contributed by atoms with van der Waals surface area (Å²) in [5.74, 6) is 2.02. The molecule has 4 nitrogen and oxygen atoms in total. The van der Waals surface area contributed by atoms with Gasteiger partial charge in [-0.1, -0.05) is 6.92 Å². The highest BCUT2D eigenvalue weighted by Gasteiger charge is 2.20. The van der Waals surface area contributed by atoms with Gasteiger partial charge in [-0.15, -0.1) is 0 Å². The Labute approximate surface area is 110 Å². The van der Waals surface area contributed by atoms with Crippen LogP contribution in [0.1, 0.15) is 37.9 Å². The number of nitrogens with zero attached hydrogens (tertiary/aromatic N) is 3. The second kappa shape index (κ2) is 5.74. The van der Waals surface area contributed by atoms with E-state index in [1.54, 1.807) is 0 Å². The summed E-state index contributed by atoms with van der Waals surface area (Å²) in [5.41, 5.74) is 2.53. The average Bonchev–Trinajstić information content (AvgIpc) is 2.57. The van der Waals surface area contributed by atoms with Gasteiger partial charge < -0.3 is 5.32 Å². The summed E-state index contributed by atoms with van der Waals surface area (Å²) >= 11 is 0. The van der Waals surface area contributed by atoms with Crippen molar-refractivity contribution >= 4 is 5.82 Å². The third-order valence-corrected chi connectivity index (χ3v) is 3.81. The molecule has 18 heavy (non-hydrogen) atoms. The fourth-order valence-corrected chi connectivity index (χ4v) is 2.93. The Hall–Kier alpha value is -1.03. The van der Waals surface area contributed by atoms with Gasteiger partial charge in [0.2, 0.25) is 0 Å². The first-order chi connectivity index (χ1) is 8.61. The highest BCUT2D eigenvalue weighted by atomic mass is 15.3. The van der Waals surface area contributed by atoms with Crippen LogP contribution < -0.4 is 5.32 Å². The molecule has 2 rings (SSSR count). The molecule has 1 unspecified atom stereocenters. The number of hydrogen-bond donors (Lipinski definition) is 1. The fourth-order valence-electron chi connectivity index (χ4n) is 2.93. The van der Waals surface area contributed by atoms with Gasteiger partial charge >= 0.3 is 0 Å². The van der Waals surface area contributed by atoms with E-state index in [1.165, 1.54) is 37.3 Å². The second-order valence-electron chi connectivity index (χ2n) is 5.55. The Bertz CT molecular complexity index is 397. The van der Waals surface area contributed by atoms with E-state index < -0.39 is 0 Å². The Kier molecular flexibility index (Phi) is 4.27. The zero-order valence-electron chi connectivity index (χ0n) is 12.2. The van der Waals surface area contributed by atoms with Gasteiger partial charge in [-0.3, -0.25) is 9.58 Å². The topological polar surface area (TPSA) is 33.1 Å². The second-order valence-corrected chi connectivity index (χ2v) is 5.55. The molecule has 0 radical (unpaired) electrons. The molecule has 0 aromatic carbocycles. The Balaban J connectivity index is 2.12. The lowest BCUT2D eigenvalue weighted by atomic mass is 10.00. The first kappa shape index (κ1) is 13.4. The summed E-state index contributed by atoms with van der Waals surface area (Å²) in [6, 6.07) is 0. The summed E-state index contributed by atoms with van der Waals surface area (Å²) < 4.78 is 1.97. The Morgan fingerprint density at radius 2 is 2.22 bits per heavy atom. The van der Waals surface area contributed by atoms with Gasteiger partial charge in [-0.25, -0.2) is 0 Å². The van der Waals surface area contributed by atoms with Crippen LogP contribution in [0.2, 0.25) is 0 Å². The number of aryl methyl sites for hydroxylation is 2. The normalized spacial score (nSPS) is 21.2. The predicted molar refractivity (Wildman–Crippen MR) is 75.8 cm³/mol. The van der Waals surface area contributed by atoms with E-state index in [4.69, 9.17) is 0 Å². The highest BCUT2D eigenvalue weighted by Crippen LogP contribution is 2.23. The number of hydrogen-bond acceptors (Lipinski definition) is 3. The third kappa shape index (κ3) is 2.86. The van der Waals surface area contributed by atoms with Crippen molar-refractivity contribution in [3.05, 3.63) is 11.3 Å². The number of anilines is 1. The van der Waals surface area contributed by atoms with Gasteiger partial charge in [0.25, 0.3) is 0 Å². The minimum absolute atomic E-state index is 0.832. The van der Waals surface area contributed by atoms with E-state index in [2.05, 4.69) is 36.1 Å². The number of rotatable bonds is 4. The van der Waals surface area contributed by atoms with Gasteiger partial charge in [-0.05, 0) is 39.2 Å². The van der Waals surface area contributed by atoms with Crippen LogP contribution in [0, 0.1) is 12.8 Å². The molecule has 2 heterocycles. The molecular weight excluding hydrogens is 224 g/mol. The van der Waals surface area contributed by atoms with Crippen LogP contribution in [0.4, 0.5) is 5.82 Å². The van der Waals surface area contributed by atoms with Crippen LogP contribution in [0.25, 0.3) is 0 Å². The fraction of sp³-hybridized carbons (Fsp3) is 0.786. The molecule has 1 aliphatic rings. The molecule has 1 aromatic rings. The van der Waals surface area contributed by atoms with Crippen LogP contribution >= 0.6 is 0 Å². The maximum atomic E-state index is 4.54. The molecule has 1 aromatic heterocycles. The number of aromatic nitrogens is 2. The van der Waals surface area contributed by atoms with Crippen molar-refractivity contribution in [1.82, 2.24) is 14.7 Å². The molecule has 0 saturated carbocycles. The standard InChI is InChI=1S/C14H26N4/c1-5-15-14-13(12(3)16-17(14)4)10-18-8-6-7-11(2)9-18/h11,15H,5-10H2,1-4H3. The monoisotopic (exact) mass is 250 g/mol. The van der Waals surface area contributed by atoms with Gasteiger partial charge in [0.1, 0.15) is 5.82 Å². The molecule has 4 heteroatoms. The summed E-state index contributed by atoms with van der Waals surface area (Å²) in [5, 5.41) is 7.98. The van der Waals surface area contributed by atoms with E-state index in [1.807, 2.05) is 11.7 Å². The summed E-state index contributed by atoms with van der Waals surface area (Å²) in [6.45, 7) is 11.0. The maximum Gasteiger partial charge on any atom is 0.128 e. The predicted octanol–water partition coefficient (Wildman–Crippen LogP) is 2.39. The molecule has 0 bridgehead atoms. The molecular formula is C14H26N4. The average molecular weight is 250 g/mol. The van der Waals surface area contributed by atoms with E-state index in [9.17, 15) is 0 Å². The van der Waals surface area contributed by atoms with Crippen molar-refractivity contribution in [3.63, 3.8) is 0 Å². The highest BCUT2D eigenvalue weighted by molar-refractivity contribution is 5.47. The van der Waals surface area contributed by atoms with Crippen LogP contribution in [0.3, 0.4) is 0 Å². The third-order valence-electron chi connectivity index (χ3n) is 3.81. The number of nitrogens with one attached hydrogen (secondary N) is 1. The van der Waals surface area contributed by atoms with Crippen molar-refractivity contribution in [1.29, 1.82) is 0 Å². The van der Waals surface area contributed by atoms with E-state index in [0.29, 0.717) is 0 Å². The SMILES string of the molecule is CCNc1c(CN2CCCC(C)C2)c(C)nn1C. The first-order valence-corrected chi connectivity index (χ1v) is 7.10. The molecule has 1 atom stereocenters. The quantitative estimate of drug-likeness (QED) is 0.890. The largest absolute Gasteiger partial charge is 0.370 e. The molecule has 102 valence electrons. The summed E-state index contributed by atoms with van der Waals surface area (Å²) in [4.78, 5) is 2.57. The molecule has 1 fully saturated rings. The Morgan fingerprint density at radius 3 is 2.89 bits per heavy atom. The van der Waals surface area contributed by atoms with E-state index in [-0.39, 0.29) is 0 Å². The molecule has 0 spiro atoms. The molecule has 1 N–H and O–H groups in total. The van der Waals surface area contributed by atoms with Crippen LogP contribution in [0.15, 0.2) is 0 Å². The van der Waals surface area contributed by atoms with Gasteiger partial charge in [0.05, 0.1) is 5.69 Å². The lowest BCUT2D eigenvalue weighted by Crippen LogP contribution is -2.34. The van der Waals surface area contributed by atoms with Gasteiger partial charge in [0, 0.05) is 32.2 Å². The van der Waals surface area contributed by atoms with Crippen molar-refractivity contribution in [2.24, 2.45) is 13.0 Å². The van der Waals surface area contributed by atoms with Crippen LogP contribution in [-0.4, -0.2) is 34.3 Å². The van der Waals surface area contributed by atoms with Gasteiger partial charge in [-0.2, -0.15) is 5.10 Å². The lowest BCUT2D eigenvalue weighted by Gasteiger charge is -2.31. The van der Waals surface area contributed by atoms with E-state index >= 15 is 0 Å². The minimum Gasteiger partial charge on any atom is -0.370 e. The van der Waals surface area contributed by atoms with Crippen LogP contribution in [-0.2, 0) is 13.6 Å². The first-order valence-electron chi connectivity index (χ1n) is 7.10. The molecule has 0 amide bonds. The lowest BCUT2D eigenvalue weighted by molar-refractivity contribution is 0.176. The van der Waals surface area contributed by atoms with Crippen molar-refractivity contribution in [2.75, 3.05) is 25.0 Å². The molecule has 0 aliphatic carbocycles. The zero-order chi connectivity index (χ0) is 13.1. The molecule has 1 aliphatic heterocycles. The smallest absolute Gasteiger partial charge is 0.128 e. The maximum absolute atomic E-state index is 4.54. The van der Waals surface area contributed by atoms with Crippen LogP contribution in [0.5, 0.6) is 0 Å². The van der Waals surface area contributed by atoms with Crippen molar-refractivity contribution in [2.45, 2.75) is 40.2 Å². The number of piperidine rings is 1. The zero-order valence-corrected chi connectivity index (χ0v) is 12.2. The summed E-state index contributed by atoms with van der Waals surface area (Å²) in [6.07, 6.45) is 2.71. The Morgan fingerprint density at radius 1 is 1.44 bits per heavy atom. The van der Waals surface area contributed by atoms with Gasteiger partial charge in [0.15, 0.2) is 0 Å².